The van der Waals surface area contributed by atoms with Gasteiger partial charge in [-0.3, -0.25) is 34.9 Å². The maximum Gasteiger partial charge on any atom is 0.270 e. The monoisotopic (exact) mass is 1230 g/mol. The molecule has 3 fully saturated rings. The van der Waals surface area contributed by atoms with Crippen molar-refractivity contribution in [1.29, 1.82) is 0 Å². The number of aliphatic imine (C=N–C) groups is 3. The van der Waals surface area contributed by atoms with Crippen LogP contribution in [0.4, 0.5) is 42.1 Å². The van der Waals surface area contributed by atoms with Crippen molar-refractivity contribution >= 4 is 64.2 Å². The number of ketones is 1. The van der Waals surface area contributed by atoms with Crippen LogP contribution < -0.4 is 22.9 Å². The van der Waals surface area contributed by atoms with Gasteiger partial charge in [-0.05, 0) is 95.6 Å². The summed E-state index contributed by atoms with van der Waals surface area (Å²) in [6.45, 7) is 3.76. The molecular weight excluding hydrogens is 1170 g/mol. The number of non-ortho nitro benzene ring substituents is 1. The van der Waals surface area contributed by atoms with Crippen molar-refractivity contribution in [2.75, 3.05) is 45.6 Å². The second-order valence-electron chi connectivity index (χ2n) is 22.1. The van der Waals surface area contributed by atoms with E-state index in [1.807, 2.05) is 0 Å². The van der Waals surface area contributed by atoms with Gasteiger partial charge in [0.2, 0.25) is 0 Å². The Labute approximate surface area is 472 Å². The molecule has 0 radical (unpaired) electrons. The number of halogens is 7. The molecule has 0 saturated carbocycles. The summed E-state index contributed by atoms with van der Waals surface area (Å²) < 4.78 is 189. The zero-order valence-electron chi connectivity index (χ0n) is 45.2. The molecule has 4 aromatic rings. The number of ether oxygens (including phenoxy) is 3. The average molecular weight is 1230 g/mol. The molecular formula is C52H58F7N9O12S3. The Hall–Kier alpha value is -6.67. The number of hydrogen-bond acceptors (Lipinski definition) is 20. The van der Waals surface area contributed by atoms with Crippen LogP contribution in [-0.2, 0) is 66.8 Å². The summed E-state index contributed by atoms with van der Waals surface area (Å²) in [6.07, 6.45) is -3.27. The molecule has 0 aliphatic carbocycles. The highest BCUT2D eigenvalue weighted by Crippen LogP contribution is 2.53. The molecule has 31 heteroatoms. The van der Waals surface area contributed by atoms with Crippen LogP contribution in [0.2, 0.25) is 0 Å². The Morgan fingerprint density at radius 1 is 0.578 bits per heavy atom. The summed E-state index contributed by atoms with van der Waals surface area (Å²) in [4.78, 5) is 39.6. The molecule has 0 amide bonds. The number of nitrogen functional groups attached to an aromatic ring is 1. The second kappa shape index (κ2) is 21.4. The minimum atomic E-state index is -4.16. The van der Waals surface area contributed by atoms with E-state index >= 15 is 4.39 Å². The zero-order chi connectivity index (χ0) is 61.6. The number of alkyl halides is 3. The molecule has 450 valence electrons. The van der Waals surface area contributed by atoms with Gasteiger partial charge in [0, 0.05) is 40.9 Å². The van der Waals surface area contributed by atoms with Crippen LogP contribution in [-0.4, -0.2) is 147 Å². The lowest BCUT2D eigenvalue weighted by atomic mass is 9.84. The van der Waals surface area contributed by atoms with E-state index in [-0.39, 0.29) is 58.6 Å². The van der Waals surface area contributed by atoms with Crippen LogP contribution in [0.15, 0.2) is 87.9 Å². The third-order valence-corrected chi connectivity index (χ3v) is 25.3. The topological polar surface area (TPSA) is 344 Å². The molecule has 7 heterocycles. The number of benzene rings is 3. The quantitative estimate of drug-likeness (QED) is 0.0561. The summed E-state index contributed by atoms with van der Waals surface area (Å²) >= 11 is 0. The summed E-state index contributed by atoms with van der Waals surface area (Å²) in [5.74, 6) is -4.12. The van der Waals surface area contributed by atoms with Crippen LogP contribution in [0.3, 0.4) is 0 Å². The van der Waals surface area contributed by atoms with Crippen LogP contribution in [0.1, 0.15) is 74.3 Å². The highest BCUT2D eigenvalue weighted by Gasteiger charge is 2.68. The Kier molecular flexibility index (Phi) is 16.1. The molecule has 6 aliphatic rings. The largest absolute Gasteiger partial charge is 0.399 e. The van der Waals surface area contributed by atoms with Crippen molar-refractivity contribution in [3.05, 3.63) is 134 Å². The number of carbonyl (C=O) groups is 1. The van der Waals surface area contributed by atoms with E-state index in [1.54, 1.807) is 0 Å². The fraction of sp³-hybridized carbons (Fsp3) is 0.481. The number of nitro groups is 1. The van der Waals surface area contributed by atoms with E-state index in [0.717, 1.165) is 42.6 Å². The van der Waals surface area contributed by atoms with Gasteiger partial charge in [-0.1, -0.05) is 6.07 Å². The van der Waals surface area contributed by atoms with Crippen LogP contribution in [0.5, 0.6) is 0 Å². The van der Waals surface area contributed by atoms with Gasteiger partial charge < -0.3 is 37.1 Å². The lowest BCUT2D eigenvalue weighted by Crippen LogP contribution is -2.62. The SMILES string of the molecule is CC1(C)C(N)=N[C@@]2(c3cc(CC(=O)c4ccc(F)cn4)ccc3F)COC(CF)[C@H]2S1(=O)=O.CC1(C)C(N)=N[C@@]2(c3cc(N)ccc3F)COC(CF)[C@H]2S1(=O)=O.CC1(C)C(N)=N[C@@]2(c3cc([N+](=O)[O-])ccc3F)COC(CF)[C@H]2S1(=O)=O. The highest BCUT2D eigenvalue weighted by atomic mass is 32.2. The van der Waals surface area contributed by atoms with Crippen molar-refractivity contribution < 1.29 is 79.9 Å². The number of pyridine rings is 1. The number of anilines is 1. The van der Waals surface area contributed by atoms with Crippen LogP contribution in [0, 0.1) is 33.4 Å². The third kappa shape index (κ3) is 9.70. The molecule has 0 spiro atoms. The molecule has 9 atom stereocenters. The van der Waals surface area contributed by atoms with Gasteiger partial charge in [0.15, 0.2) is 35.3 Å². The van der Waals surface area contributed by atoms with Crippen LogP contribution in [0.25, 0.3) is 0 Å². The zero-order valence-corrected chi connectivity index (χ0v) is 47.6. The first-order chi connectivity index (χ1) is 38.5. The first-order valence-corrected chi connectivity index (χ1v) is 29.9. The number of rotatable bonds is 10. The van der Waals surface area contributed by atoms with E-state index in [4.69, 9.17) is 37.1 Å². The number of amidine groups is 3. The third-order valence-electron chi connectivity index (χ3n) is 16.3. The number of sulfone groups is 3. The van der Waals surface area contributed by atoms with Crippen molar-refractivity contribution in [3.8, 4) is 0 Å². The van der Waals surface area contributed by atoms with Crippen molar-refractivity contribution in [2.24, 2.45) is 32.2 Å². The van der Waals surface area contributed by atoms with E-state index in [9.17, 15) is 66.5 Å². The summed E-state index contributed by atoms with van der Waals surface area (Å²) in [5.41, 5.74) is 17.8. The maximum atomic E-state index is 15.1. The molecule has 3 aromatic carbocycles. The molecule has 0 bridgehead atoms. The van der Waals surface area contributed by atoms with Crippen molar-refractivity contribution in [3.63, 3.8) is 0 Å². The molecule has 1 aromatic heterocycles. The predicted octanol–water partition coefficient (Wildman–Crippen LogP) is 4.42. The lowest BCUT2D eigenvalue weighted by Gasteiger charge is -2.42. The standard InChI is InChI=1S/C22H22F3N3O4S.C15H17F2N3O5S.C15H19F2N3O3S/c1-21(2)20(26)28-22(11-32-18(9-23)19(22)33(21,30)31)14-7-12(3-5-15(14)25)8-17(29)16-6-4-13(24)10-27-16;1-14(2)13(18)19-15(7-25-11(6-16)12(15)26(14,23)24)9-5-8(20(21)22)3-4-10(9)17;1-14(2)13(19)20-15(9-5-8(18)3-4-10(9)17)7-23-11(6-16)12(15)24(14,21)22/h3-7,10,18-19H,8-9,11H2,1-2H3,(H2,26,28);3-5,11-12H,6-7H2,1-2H3,(H2,18,19);3-5,11-12H,6-7,18H2,1-2H3,(H2,19,20)/t18?,19-,22-;2*11?,12-,15-/m111/s1. The Morgan fingerprint density at radius 2 is 0.952 bits per heavy atom. The van der Waals surface area contributed by atoms with Gasteiger partial charge in [-0.25, -0.2) is 56.0 Å². The Balaban J connectivity index is 0.000000165. The minimum Gasteiger partial charge on any atom is -0.399 e. The van der Waals surface area contributed by atoms with E-state index < -0.39 is 167 Å². The molecule has 83 heavy (non-hydrogen) atoms. The summed E-state index contributed by atoms with van der Waals surface area (Å²) in [5, 5.41) is 6.62. The molecule has 10 rings (SSSR count). The molecule has 8 N–H and O–H groups in total. The van der Waals surface area contributed by atoms with Gasteiger partial charge in [0.25, 0.3) is 5.69 Å². The van der Waals surface area contributed by atoms with Gasteiger partial charge in [-0.15, -0.1) is 0 Å². The number of carbonyl (C=O) groups excluding carboxylic acids is 1. The molecule has 3 saturated heterocycles. The summed E-state index contributed by atoms with van der Waals surface area (Å²) in [7, 11) is -12.3. The lowest BCUT2D eigenvalue weighted by molar-refractivity contribution is -0.385. The smallest absolute Gasteiger partial charge is 0.270 e. The number of Topliss-reactive ketones (excluding diaryl/α,β-unsaturated/α-hetero) is 1. The number of nitro benzene ring substituents is 1. The fourth-order valence-electron chi connectivity index (χ4n) is 11.1. The Morgan fingerprint density at radius 3 is 1.33 bits per heavy atom. The first-order valence-electron chi connectivity index (χ1n) is 25.2. The van der Waals surface area contributed by atoms with Gasteiger partial charge in [-0.2, -0.15) is 0 Å². The maximum absolute atomic E-state index is 15.1. The summed E-state index contributed by atoms with van der Waals surface area (Å²) in [6, 6.07) is 12.6. The van der Waals surface area contributed by atoms with Crippen LogP contribution >= 0.6 is 0 Å². The molecule has 21 nitrogen and oxygen atoms in total. The van der Waals surface area contributed by atoms with E-state index in [0.29, 0.717) is 5.56 Å². The van der Waals surface area contributed by atoms with E-state index in [2.05, 4.69) is 20.0 Å². The van der Waals surface area contributed by atoms with Gasteiger partial charge >= 0.3 is 0 Å². The average Bonchev–Trinajstić information content (AvgIpc) is 1.76. The number of hydrogen-bond donors (Lipinski definition) is 4. The van der Waals surface area contributed by atoms with Crippen molar-refractivity contribution in [1.82, 2.24) is 4.98 Å². The number of fused-ring (bicyclic) bond motifs is 3. The highest BCUT2D eigenvalue weighted by molar-refractivity contribution is 7.95. The molecule has 3 unspecified atom stereocenters. The second-order valence-corrected chi connectivity index (χ2v) is 30.0. The van der Waals surface area contributed by atoms with Crippen molar-refractivity contribution in [2.45, 2.75) is 113 Å². The normalized spacial score (nSPS) is 30.7. The fourth-order valence-corrected chi connectivity index (χ4v) is 18.0. The predicted molar refractivity (Wildman–Crippen MR) is 290 cm³/mol. The number of nitrogens with two attached hydrogens (primary N) is 4. The van der Waals surface area contributed by atoms with E-state index in [1.165, 1.54) is 71.9 Å². The van der Waals surface area contributed by atoms with Gasteiger partial charge in [0.05, 0.1) is 30.9 Å². The number of aromatic nitrogens is 1. The Bertz CT molecular complexity index is 3750. The van der Waals surface area contributed by atoms with Gasteiger partial charge in [0.1, 0.15) is 131 Å². The first kappa shape index (κ1) is 62.4. The number of nitrogens with zero attached hydrogens (tertiary/aromatic N) is 5. The minimum absolute atomic E-state index is 0.0178. The molecule has 6 aliphatic heterocycles.